The third-order valence-electron chi connectivity index (χ3n) is 3.84. The van der Waals surface area contributed by atoms with Crippen molar-refractivity contribution >= 4 is 17.4 Å². The molecule has 2 fully saturated rings. The number of anilines is 1. The molecule has 5 heteroatoms. The fourth-order valence-corrected chi connectivity index (χ4v) is 2.70. The number of nitrogens with zero attached hydrogens (tertiary/aromatic N) is 2. The molecule has 1 aliphatic carbocycles. The zero-order chi connectivity index (χ0) is 13.2. The molecular weight excluding hydrogens is 262 g/mol. The second-order valence-corrected chi connectivity index (χ2v) is 5.84. The molecule has 3 rings (SSSR count). The molecule has 4 nitrogen and oxygen atoms in total. The van der Waals surface area contributed by atoms with E-state index in [1.165, 1.54) is 12.8 Å². The third kappa shape index (κ3) is 3.19. The average molecular weight is 282 g/mol. The highest BCUT2D eigenvalue weighted by atomic mass is 35.5. The van der Waals surface area contributed by atoms with Crippen molar-refractivity contribution in [1.29, 1.82) is 0 Å². The average Bonchev–Trinajstić information content (AvgIpc) is 3.07. The van der Waals surface area contributed by atoms with E-state index >= 15 is 0 Å². The molecule has 1 saturated carbocycles. The van der Waals surface area contributed by atoms with E-state index in [-0.39, 0.29) is 0 Å². The standard InChI is InChI=1S/C14H20ClN3O/c1-18(12-4-5-19-9-12)14-13(15)6-10(8-17-14)7-16-11-2-3-11/h6,8,11-12,16H,2-5,7,9H2,1H3. The van der Waals surface area contributed by atoms with Gasteiger partial charge in [0.2, 0.25) is 0 Å². The minimum Gasteiger partial charge on any atom is -0.379 e. The Labute approximate surface area is 119 Å². The second kappa shape index (κ2) is 5.65. The summed E-state index contributed by atoms with van der Waals surface area (Å²) >= 11 is 6.36. The predicted molar refractivity (Wildman–Crippen MR) is 76.7 cm³/mol. The normalized spacial score (nSPS) is 22.7. The smallest absolute Gasteiger partial charge is 0.147 e. The summed E-state index contributed by atoms with van der Waals surface area (Å²) in [7, 11) is 2.04. The lowest BCUT2D eigenvalue weighted by Gasteiger charge is -2.25. The Balaban J connectivity index is 1.67. The van der Waals surface area contributed by atoms with Gasteiger partial charge in [-0.15, -0.1) is 0 Å². The van der Waals surface area contributed by atoms with Crippen LogP contribution in [0, 0.1) is 0 Å². The van der Waals surface area contributed by atoms with E-state index in [1.54, 1.807) is 0 Å². The van der Waals surface area contributed by atoms with Crippen molar-refractivity contribution in [2.24, 2.45) is 0 Å². The Kier molecular flexibility index (Phi) is 3.91. The second-order valence-electron chi connectivity index (χ2n) is 5.43. The summed E-state index contributed by atoms with van der Waals surface area (Å²) in [4.78, 5) is 6.65. The van der Waals surface area contributed by atoms with Crippen LogP contribution in [0.3, 0.4) is 0 Å². The minimum atomic E-state index is 0.389. The van der Waals surface area contributed by atoms with Crippen LogP contribution in [0.4, 0.5) is 5.82 Å². The summed E-state index contributed by atoms with van der Waals surface area (Å²) in [6, 6.07) is 3.11. The van der Waals surface area contributed by atoms with Crippen LogP contribution < -0.4 is 10.2 Å². The first-order valence-electron chi connectivity index (χ1n) is 6.92. The van der Waals surface area contributed by atoms with Crippen LogP contribution in [0.2, 0.25) is 5.02 Å². The van der Waals surface area contributed by atoms with Crippen molar-refractivity contribution in [1.82, 2.24) is 10.3 Å². The highest BCUT2D eigenvalue weighted by molar-refractivity contribution is 6.33. The van der Waals surface area contributed by atoms with Gasteiger partial charge in [-0.2, -0.15) is 0 Å². The fraction of sp³-hybridized carbons (Fsp3) is 0.643. The molecule has 0 amide bonds. The molecule has 1 aromatic rings. The van der Waals surface area contributed by atoms with Gasteiger partial charge in [0.25, 0.3) is 0 Å². The van der Waals surface area contributed by atoms with E-state index in [9.17, 15) is 0 Å². The number of likely N-dealkylation sites (N-methyl/N-ethyl adjacent to an activating group) is 1. The van der Waals surface area contributed by atoms with Crippen molar-refractivity contribution in [3.63, 3.8) is 0 Å². The number of hydrogen-bond donors (Lipinski definition) is 1. The first-order valence-corrected chi connectivity index (χ1v) is 7.30. The predicted octanol–water partition coefficient (Wildman–Crippen LogP) is 2.21. The maximum Gasteiger partial charge on any atom is 0.147 e. The number of halogens is 1. The molecule has 1 N–H and O–H groups in total. The van der Waals surface area contributed by atoms with Crippen LogP contribution in [-0.2, 0) is 11.3 Å². The summed E-state index contributed by atoms with van der Waals surface area (Å²) in [5.41, 5.74) is 1.15. The Hall–Kier alpha value is -0.840. The van der Waals surface area contributed by atoms with E-state index in [0.29, 0.717) is 12.1 Å². The summed E-state index contributed by atoms with van der Waals surface area (Å²) in [5, 5.41) is 4.20. The van der Waals surface area contributed by atoms with Crippen molar-refractivity contribution in [3.05, 3.63) is 22.8 Å². The van der Waals surface area contributed by atoms with E-state index in [4.69, 9.17) is 16.3 Å². The quantitative estimate of drug-likeness (QED) is 0.898. The summed E-state index contributed by atoms with van der Waals surface area (Å²) in [6.45, 7) is 2.45. The summed E-state index contributed by atoms with van der Waals surface area (Å²) in [6.07, 6.45) is 5.55. The SMILES string of the molecule is CN(c1ncc(CNC2CC2)cc1Cl)C1CCOC1. The van der Waals surface area contributed by atoms with Gasteiger partial charge in [-0.05, 0) is 30.9 Å². The number of rotatable bonds is 5. The Morgan fingerprint density at radius 2 is 2.32 bits per heavy atom. The van der Waals surface area contributed by atoms with Gasteiger partial charge in [0.05, 0.1) is 17.7 Å². The molecule has 1 unspecified atom stereocenters. The van der Waals surface area contributed by atoms with Crippen LogP contribution >= 0.6 is 11.6 Å². The Bertz CT molecular complexity index is 444. The minimum absolute atomic E-state index is 0.389. The van der Waals surface area contributed by atoms with E-state index in [1.807, 2.05) is 19.3 Å². The van der Waals surface area contributed by atoms with Crippen LogP contribution in [0.25, 0.3) is 0 Å². The molecule has 1 aromatic heterocycles. The largest absolute Gasteiger partial charge is 0.379 e. The summed E-state index contributed by atoms with van der Waals surface area (Å²) < 4.78 is 5.41. The maximum absolute atomic E-state index is 6.36. The molecule has 0 bridgehead atoms. The van der Waals surface area contributed by atoms with Gasteiger partial charge in [-0.25, -0.2) is 4.98 Å². The van der Waals surface area contributed by atoms with Crippen molar-refractivity contribution in [2.75, 3.05) is 25.2 Å². The van der Waals surface area contributed by atoms with E-state index < -0.39 is 0 Å². The maximum atomic E-state index is 6.36. The molecule has 1 atom stereocenters. The molecule has 2 heterocycles. The highest BCUT2D eigenvalue weighted by Gasteiger charge is 2.23. The topological polar surface area (TPSA) is 37.4 Å². The van der Waals surface area contributed by atoms with Gasteiger partial charge >= 0.3 is 0 Å². The van der Waals surface area contributed by atoms with Gasteiger partial charge in [0, 0.05) is 32.4 Å². The molecule has 2 aliphatic rings. The van der Waals surface area contributed by atoms with Crippen LogP contribution in [0.5, 0.6) is 0 Å². The molecule has 104 valence electrons. The van der Waals surface area contributed by atoms with Crippen molar-refractivity contribution in [3.8, 4) is 0 Å². The number of nitrogens with one attached hydrogen (secondary N) is 1. The van der Waals surface area contributed by atoms with Gasteiger partial charge in [0.1, 0.15) is 5.82 Å². The molecular formula is C14H20ClN3O. The first-order chi connectivity index (χ1) is 9.24. The number of aromatic nitrogens is 1. The number of ether oxygens (including phenoxy) is 1. The lowest BCUT2D eigenvalue weighted by molar-refractivity contribution is 0.193. The van der Waals surface area contributed by atoms with Crippen LogP contribution in [0.15, 0.2) is 12.3 Å². The van der Waals surface area contributed by atoms with Crippen LogP contribution in [-0.4, -0.2) is 37.3 Å². The molecule has 19 heavy (non-hydrogen) atoms. The van der Waals surface area contributed by atoms with Crippen molar-refractivity contribution < 1.29 is 4.74 Å². The van der Waals surface area contributed by atoms with Gasteiger partial charge in [-0.1, -0.05) is 11.6 Å². The Morgan fingerprint density at radius 1 is 1.47 bits per heavy atom. The van der Waals surface area contributed by atoms with Gasteiger partial charge < -0.3 is 15.0 Å². The van der Waals surface area contributed by atoms with Crippen molar-refractivity contribution in [2.45, 2.75) is 37.9 Å². The fourth-order valence-electron chi connectivity index (χ4n) is 2.38. The Morgan fingerprint density at radius 3 is 2.95 bits per heavy atom. The molecule has 1 saturated heterocycles. The number of pyridine rings is 1. The first kappa shape index (κ1) is 13.2. The summed E-state index contributed by atoms with van der Waals surface area (Å²) in [5.74, 6) is 0.854. The van der Waals surface area contributed by atoms with Gasteiger partial charge in [-0.3, -0.25) is 0 Å². The molecule has 1 aliphatic heterocycles. The lowest BCUT2D eigenvalue weighted by atomic mass is 10.2. The zero-order valence-corrected chi connectivity index (χ0v) is 12.0. The molecule has 0 spiro atoms. The monoisotopic (exact) mass is 281 g/mol. The zero-order valence-electron chi connectivity index (χ0n) is 11.2. The van der Waals surface area contributed by atoms with Crippen LogP contribution in [0.1, 0.15) is 24.8 Å². The number of hydrogen-bond acceptors (Lipinski definition) is 4. The highest BCUT2D eigenvalue weighted by Crippen LogP contribution is 2.27. The van der Waals surface area contributed by atoms with E-state index in [0.717, 1.165) is 42.6 Å². The third-order valence-corrected chi connectivity index (χ3v) is 4.12. The van der Waals surface area contributed by atoms with Gasteiger partial charge in [0.15, 0.2) is 0 Å². The molecule has 0 aromatic carbocycles. The molecule has 0 radical (unpaired) electrons. The van der Waals surface area contributed by atoms with E-state index in [2.05, 4.69) is 15.2 Å². The lowest BCUT2D eigenvalue weighted by Crippen LogP contribution is -2.32.